The average molecular weight is 733 g/mol. The first-order valence-electron chi connectivity index (χ1n) is 14.6. The molecule has 214 valence electrons. The summed E-state index contributed by atoms with van der Waals surface area (Å²) in [5.41, 5.74) is 8.61. The normalized spacial score (nSPS) is 13.6. The quantitative estimate of drug-likeness (QED) is 0.0959. The Kier molecular flexibility index (Phi) is 13.0. The minimum Gasteiger partial charge on any atom is -0.263 e. The largest absolute Gasteiger partial charge is 0.263 e. The first-order chi connectivity index (χ1) is 19.7. The van der Waals surface area contributed by atoms with Crippen molar-refractivity contribution in [1.82, 2.24) is 0 Å². The molecule has 0 saturated carbocycles. The fourth-order valence-electron chi connectivity index (χ4n) is 5.10. The fraction of sp³-hybridized carbons (Fsp3) is 0.225. The fourth-order valence-corrected chi connectivity index (χ4v) is 6.38. The van der Waals surface area contributed by atoms with Crippen molar-refractivity contribution in [2.75, 3.05) is 0 Å². The van der Waals surface area contributed by atoms with Crippen LogP contribution in [-0.2, 0) is 38.7 Å². The zero-order valence-electron chi connectivity index (χ0n) is 26.0. The van der Waals surface area contributed by atoms with Gasteiger partial charge in [-0.15, -0.1) is 55.8 Å². The molecule has 5 aromatic rings. The summed E-state index contributed by atoms with van der Waals surface area (Å²) in [6.45, 7) is 13.1. The molecule has 0 radical (unpaired) electrons. The molecular weight excluding hydrogens is 690 g/mol. The molecule has 0 bridgehead atoms. The number of aryl methyl sites for hydroxylation is 3. The Morgan fingerprint density at radius 2 is 1.17 bits per heavy atom. The first kappa shape index (κ1) is 33.8. The van der Waals surface area contributed by atoms with Crippen molar-refractivity contribution in [1.29, 1.82) is 0 Å². The van der Waals surface area contributed by atoms with E-state index in [0.717, 1.165) is 21.4 Å². The second-order valence-electron chi connectivity index (χ2n) is 11.4. The van der Waals surface area contributed by atoms with Crippen molar-refractivity contribution >= 4 is 30.0 Å². The average Bonchev–Trinajstić information content (AvgIpc) is 3.48. The van der Waals surface area contributed by atoms with Crippen LogP contribution in [0.1, 0.15) is 51.3 Å². The molecule has 42 heavy (non-hydrogen) atoms. The zero-order valence-corrected chi connectivity index (χ0v) is 30.6. The summed E-state index contributed by atoms with van der Waals surface area (Å²) in [5, 5.41) is 5.65. The molecule has 1 atom stereocenters. The van der Waals surface area contributed by atoms with Gasteiger partial charge in [0.25, 0.3) is 0 Å². The van der Waals surface area contributed by atoms with Crippen LogP contribution in [0, 0.1) is 18.4 Å². The first-order valence-corrected chi connectivity index (χ1v) is 15.6. The van der Waals surface area contributed by atoms with Crippen molar-refractivity contribution < 1.29 is 25.8 Å². The Bertz CT molecular complexity index is 1560. The monoisotopic (exact) mass is 734 g/mol. The molecule has 1 unspecified atom stereocenters. The van der Waals surface area contributed by atoms with Gasteiger partial charge in [0.15, 0.2) is 0 Å². The van der Waals surface area contributed by atoms with Crippen LogP contribution in [0.2, 0.25) is 0 Å². The number of allylic oxidation sites excluding steroid dienone is 4. The van der Waals surface area contributed by atoms with Crippen LogP contribution in [0.25, 0.3) is 10.8 Å². The maximum Gasteiger partial charge on any atom is 0 e. The van der Waals surface area contributed by atoms with Gasteiger partial charge in [-0.2, -0.15) is 17.2 Å². The van der Waals surface area contributed by atoms with Gasteiger partial charge >= 0.3 is 0 Å². The van der Waals surface area contributed by atoms with E-state index in [1.165, 1.54) is 54.8 Å². The second-order valence-corrected chi connectivity index (χ2v) is 12.7. The number of hydrogen-bond donors (Lipinski definition) is 0. The van der Waals surface area contributed by atoms with Crippen LogP contribution in [0.5, 0.6) is 0 Å². The third-order valence-corrected chi connectivity index (χ3v) is 9.58. The molecule has 6 rings (SSSR count). The number of rotatable bonds is 5. The number of benzene rings is 4. The molecule has 0 aromatic heterocycles. The van der Waals surface area contributed by atoms with Crippen molar-refractivity contribution in [3.8, 4) is 0 Å². The van der Waals surface area contributed by atoms with Crippen molar-refractivity contribution in [3.63, 3.8) is 0 Å². The molecule has 0 saturated heterocycles. The minimum absolute atomic E-state index is 0. The SMILES string of the molecule is CC1=[C-]C(C)(C)C(C)=C1C.Cc1ccccc1P[c-]1ccc2ccccc21.[Hf].c1ccc(CCc2ccccc2)cc1. The predicted molar refractivity (Wildman–Crippen MR) is 183 cm³/mol. The Hall–Kier alpha value is -2.73. The van der Waals surface area contributed by atoms with Crippen LogP contribution >= 0.6 is 8.58 Å². The Balaban J connectivity index is 0.000000177. The standard InChI is InChI=1S/C16H14P.C14H14.C10H15.Hf/c1-12-6-2-5-9-15(12)17-16-11-10-13-7-3-4-8-14(13)16;1-3-7-13(8-4-1)11-12-14-9-5-2-6-10-14;1-7-6-10(4,5)9(3)8(7)2;/h2-11,17H,1H3;1-10H,11-12H2;1-5H3;/q-1;;-1;. The number of hydrogen-bond acceptors (Lipinski definition) is 0. The Morgan fingerprint density at radius 3 is 1.67 bits per heavy atom. The third kappa shape index (κ3) is 9.39. The van der Waals surface area contributed by atoms with Gasteiger partial charge < -0.3 is 0 Å². The van der Waals surface area contributed by atoms with E-state index in [9.17, 15) is 0 Å². The molecule has 0 amide bonds. The Labute approximate surface area is 274 Å². The van der Waals surface area contributed by atoms with Gasteiger partial charge in [-0.05, 0) is 41.8 Å². The summed E-state index contributed by atoms with van der Waals surface area (Å²) < 4.78 is 0. The molecular formula is C40H43HfP-2. The van der Waals surface area contributed by atoms with Crippen molar-refractivity contribution in [3.05, 3.63) is 161 Å². The molecule has 5 aromatic carbocycles. The van der Waals surface area contributed by atoms with E-state index in [1.54, 1.807) is 0 Å². The van der Waals surface area contributed by atoms with E-state index in [-0.39, 0.29) is 31.3 Å². The van der Waals surface area contributed by atoms with Gasteiger partial charge in [0.05, 0.1) is 0 Å². The van der Waals surface area contributed by atoms with Crippen molar-refractivity contribution in [2.45, 2.75) is 54.4 Å². The molecule has 0 aliphatic heterocycles. The smallest absolute Gasteiger partial charge is 0 e. The molecule has 0 spiro atoms. The van der Waals surface area contributed by atoms with Crippen molar-refractivity contribution in [2.24, 2.45) is 5.41 Å². The summed E-state index contributed by atoms with van der Waals surface area (Å²) in [4.78, 5) is 0. The van der Waals surface area contributed by atoms with Gasteiger partial charge in [0.1, 0.15) is 0 Å². The van der Waals surface area contributed by atoms with Gasteiger partial charge in [-0.1, -0.05) is 124 Å². The van der Waals surface area contributed by atoms with E-state index in [2.05, 4.69) is 169 Å². The summed E-state index contributed by atoms with van der Waals surface area (Å²) in [5.74, 6) is 0. The summed E-state index contributed by atoms with van der Waals surface area (Å²) in [6.07, 6.45) is 5.69. The zero-order chi connectivity index (χ0) is 29.2. The van der Waals surface area contributed by atoms with Gasteiger partial charge in [-0.25, -0.2) is 5.57 Å². The van der Waals surface area contributed by atoms with Crippen LogP contribution in [0.3, 0.4) is 0 Å². The number of fused-ring (bicyclic) bond motifs is 1. The molecule has 1 aliphatic rings. The van der Waals surface area contributed by atoms with E-state index in [0.29, 0.717) is 0 Å². The van der Waals surface area contributed by atoms with Crippen LogP contribution < -0.4 is 10.6 Å². The maximum atomic E-state index is 3.44. The molecule has 0 heterocycles. The van der Waals surface area contributed by atoms with Gasteiger partial charge in [-0.3, -0.25) is 6.08 Å². The second kappa shape index (κ2) is 16.2. The summed E-state index contributed by atoms with van der Waals surface area (Å²) >= 11 is 0. The molecule has 0 N–H and O–H groups in total. The molecule has 0 nitrogen and oxygen atoms in total. The van der Waals surface area contributed by atoms with E-state index < -0.39 is 0 Å². The van der Waals surface area contributed by atoms with Crippen LogP contribution in [0.4, 0.5) is 0 Å². The van der Waals surface area contributed by atoms with Gasteiger partial charge in [0.2, 0.25) is 0 Å². The predicted octanol–water partition coefficient (Wildman–Crippen LogP) is 10.1. The van der Waals surface area contributed by atoms with E-state index >= 15 is 0 Å². The topological polar surface area (TPSA) is 0 Å². The minimum atomic E-state index is 0. The van der Waals surface area contributed by atoms with Crippen LogP contribution in [-0.4, -0.2) is 0 Å². The van der Waals surface area contributed by atoms with Gasteiger partial charge in [0, 0.05) is 25.8 Å². The summed E-state index contributed by atoms with van der Waals surface area (Å²) in [7, 11) is 0.754. The molecule has 1 aliphatic carbocycles. The maximum absolute atomic E-state index is 3.44. The molecule has 0 fully saturated rings. The van der Waals surface area contributed by atoms with Crippen LogP contribution in [0.15, 0.2) is 138 Å². The molecule has 2 heteroatoms. The Morgan fingerprint density at radius 1 is 0.643 bits per heavy atom. The summed E-state index contributed by atoms with van der Waals surface area (Å²) in [6, 6.07) is 43.0. The van der Waals surface area contributed by atoms with E-state index in [4.69, 9.17) is 0 Å². The third-order valence-electron chi connectivity index (χ3n) is 8.05. The van der Waals surface area contributed by atoms with E-state index in [1.807, 2.05) is 0 Å².